The van der Waals surface area contributed by atoms with Gasteiger partial charge in [-0.1, -0.05) is 32.0 Å². The molecular weight excluding hydrogens is 252 g/mol. The Balaban J connectivity index is 2.67. The number of carbonyl (C=O) groups excluding carboxylic acids is 1. The summed E-state index contributed by atoms with van der Waals surface area (Å²) in [5.74, 6) is -0.0392. The van der Waals surface area contributed by atoms with Gasteiger partial charge in [-0.25, -0.2) is 0 Å². The van der Waals surface area contributed by atoms with Crippen LogP contribution < -0.4 is 10.6 Å². The summed E-state index contributed by atoms with van der Waals surface area (Å²) in [6.45, 7) is 5.63. The van der Waals surface area contributed by atoms with Crippen LogP contribution in [0.1, 0.15) is 36.2 Å². The summed E-state index contributed by atoms with van der Waals surface area (Å²) in [7, 11) is 1.90. The number of rotatable bonds is 8. The van der Waals surface area contributed by atoms with Crippen LogP contribution in [-0.2, 0) is 6.42 Å². The molecule has 112 valence electrons. The number of likely N-dealkylation sites (N-methyl/N-ethyl adjacent to an activating group) is 1. The highest BCUT2D eigenvalue weighted by Gasteiger charge is 2.19. The van der Waals surface area contributed by atoms with E-state index in [9.17, 15) is 4.79 Å². The summed E-state index contributed by atoms with van der Waals surface area (Å²) in [5, 5.41) is 15.1. The lowest BCUT2D eigenvalue weighted by Crippen LogP contribution is -2.35. The van der Waals surface area contributed by atoms with E-state index in [4.69, 9.17) is 5.11 Å². The summed E-state index contributed by atoms with van der Waals surface area (Å²) in [6.07, 6.45) is 1.51. The van der Waals surface area contributed by atoms with Crippen LogP contribution in [0.25, 0.3) is 0 Å². The van der Waals surface area contributed by atoms with Crippen molar-refractivity contribution in [1.29, 1.82) is 0 Å². The highest BCUT2D eigenvalue weighted by atomic mass is 16.3. The minimum atomic E-state index is -0.0929. The van der Waals surface area contributed by atoms with Crippen LogP contribution >= 0.6 is 0 Å². The zero-order valence-corrected chi connectivity index (χ0v) is 12.7. The van der Waals surface area contributed by atoms with E-state index in [1.54, 1.807) is 0 Å². The Bertz CT molecular complexity index is 430. The fourth-order valence-electron chi connectivity index (χ4n) is 2.03. The maximum atomic E-state index is 12.3. The highest BCUT2D eigenvalue weighted by molar-refractivity contribution is 5.95. The van der Waals surface area contributed by atoms with Gasteiger partial charge < -0.3 is 15.7 Å². The molecule has 0 heterocycles. The van der Waals surface area contributed by atoms with Crippen molar-refractivity contribution in [3.8, 4) is 0 Å². The molecule has 1 aromatic carbocycles. The quantitative estimate of drug-likeness (QED) is 0.676. The number of nitrogens with one attached hydrogen (secondary N) is 2. The van der Waals surface area contributed by atoms with Crippen LogP contribution in [0.15, 0.2) is 24.3 Å². The predicted octanol–water partition coefficient (Wildman–Crippen LogP) is 1.59. The number of aliphatic hydroxyl groups excluding tert-OH is 1. The topological polar surface area (TPSA) is 61.4 Å². The van der Waals surface area contributed by atoms with E-state index in [1.807, 2.05) is 45.2 Å². The van der Waals surface area contributed by atoms with E-state index in [0.717, 1.165) is 24.1 Å². The smallest absolute Gasteiger partial charge is 0.251 e. The van der Waals surface area contributed by atoms with Crippen LogP contribution in [0.2, 0.25) is 0 Å². The molecule has 1 amide bonds. The molecule has 0 aliphatic heterocycles. The normalized spacial score (nSPS) is 11.4. The van der Waals surface area contributed by atoms with Gasteiger partial charge in [0.05, 0.1) is 0 Å². The van der Waals surface area contributed by atoms with Gasteiger partial charge >= 0.3 is 0 Å². The Morgan fingerprint density at radius 1 is 1.30 bits per heavy atom. The van der Waals surface area contributed by atoms with Gasteiger partial charge in [0, 0.05) is 18.7 Å². The monoisotopic (exact) mass is 278 g/mol. The third kappa shape index (κ3) is 5.31. The van der Waals surface area contributed by atoms with Crippen molar-refractivity contribution in [2.75, 3.05) is 26.7 Å². The minimum absolute atomic E-state index is 0.0392. The van der Waals surface area contributed by atoms with Gasteiger partial charge in [0.15, 0.2) is 0 Å². The number of aliphatic hydroxyl groups is 1. The lowest BCUT2D eigenvalue weighted by Gasteiger charge is -2.24. The second-order valence-corrected chi connectivity index (χ2v) is 5.83. The fraction of sp³-hybridized carbons (Fsp3) is 0.562. The SMILES string of the molecule is CNCCc1ccccc1C(=O)NCC(C)(C)CCO. The third-order valence-electron chi connectivity index (χ3n) is 3.42. The van der Waals surface area contributed by atoms with Crippen LogP contribution in [0.3, 0.4) is 0 Å². The molecule has 0 saturated carbocycles. The maximum Gasteiger partial charge on any atom is 0.251 e. The van der Waals surface area contributed by atoms with Gasteiger partial charge in [-0.15, -0.1) is 0 Å². The first kappa shape index (κ1) is 16.7. The van der Waals surface area contributed by atoms with E-state index in [1.165, 1.54) is 0 Å². The van der Waals surface area contributed by atoms with Gasteiger partial charge in [0.2, 0.25) is 0 Å². The first-order valence-corrected chi connectivity index (χ1v) is 7.12. The van der Waals surface area contributed by atoms with Crippen LogP contribution in [0.4, 0.5) is 0 Å². The number of carbonyl (C=O) groups is 1. The zero-order chi connectivity index (χ0) is 15.0. The standard InChI is InChI=1S/C16H26N2O2/c1-16(2,9-11-19)12-18-15(20)14-7-5-4-6-13(14)8-10-17-3/h4-7,17,19H,8-12H2,1-3H3,(H,18,20). The molecule has 0 atom stereocenters. The minimum Gasteiger partial charge on any atom is -0.396 e. The predicted molar refractivity (Wildman–Crippen MR) is 81.9 cm³/mol. The van der Waals surface area contributed by atoms with E-state index in [0.29, 0.717) is 13.0 Å². The number of benzene rings is 1. The molecule has 0 aliphatic rings. The molecule has 0 aromatic heterocycles. The van der Waals surface area contributed by atoms with E-state index >= 15 is 0 Å². The molecule has 0 spiro atoms. The molecule has 3 N–H and O–H groups in total. The average molecular weight is 278 g/mol. The average Bonchev–Trinajstić information content (AvgIpc) is 2.43. The highest BCUT2D eigenvalue weighted by Crippen LogP contribution is 2.18. The van der Waals surface area contributed by atoms with E-state index in [-0.39, 0.29) is 17.9 Å². The van der Waals surface area contributed by atoms with Gasteiger partial charge in [-0.05, 0) is 43.5 Å². The molecule has 0 saturated heterocycles. The Labute approximate surface area is 121 Å². The second kappa shape index (κ2) is 8.02. The van der Waals surface area contributed by atoms with Crippen molar-refractivity contribution >= 4 is 5.91 Å². The van der Waals surface area contributed by atoms with Crippen LogP contribution in [-0.4, -0.2) is 37.8 Å². The number of amides is 1. The van der Waals surface area contributed by atoms with E-state index in [2.05, 4.69) is 10.6 Å². The van der Waals surface area contributed by atoms with Crippen molar-refractivity contribution in [3.63, 3.8) is 0 Å². The molecule has 0 unspecified atom stereocenters. The summed E-state index contributed by atoms with van der Waals surface area (Å²) < 4.78 is 0. The van der Waals surface area contributed by atoms with E-state index < -0.39 is 0 Å². The largest absolute Gasteiger partial charge is 0.396 e. The Morgan fingerprint density at radius 2 is 2.00 bits per heavy atom. The third-order valence-corrected chi connectivity index (χ3v) is 3.42. The lowest BCUT2D eigenvalue weighted by atomic mass is 9.89. The van der Waals surface area contributed by atoms with Crippen molar-refractivity contribution in [1.82, 2.24) is 10.6 Å². The Morgan fingerprint density at radius 3 is 2.65 bits per heavy atom. The molecule has 1 rings (SSSR count). The summed E-state index contributed by atoms with van der Waals surface area (Å²) in [6, 6.07) is 7.69. The van der Waals surface area contributed by atoms with Gasteiger partial charge in [-0.2, -0.15) is 0 Å². The Kier molecular flexibility index (Phi) is 6.68. The van der Waals surface area contributed by atoms with Gasteiger partial charge in [0.25, 0.3) is 5.91 Å². The van der Waals surface area contributed by atoms with Crippen molar-refractivity contribution in [2.45, 2.75) is 26.7 Å². The van der Waals surface area contributed by atoms with Gasteiger partial charge in [0.1, 0.15) is 0 Å². The maximum absolute atomic E-state index is 12.3. The lowest BCUT2D eigenvalue weighted by molar-refractivity contribution is 0.0927. The van der Waals surface area contributed by atoms with Crippen LogP contribution in [0, 0.1) is 5.41 Å². The molecular formula is C16H26N2O2. The second-order valence-electron chi connectivity index (χ2n) is 5.83. The first-order valence-electron chi connectivity index (χ1n) is 7.12. The van der Waals surface area contributed by atoms with Crippen molar-refractivity contribution in [3.05, 3.63) is 35.4 Å². The van der Waals surface area contributed by atoms with Gasteiger partial charge in [-0.3, -0.25) is 4.79 Å². The van der Waals surface area contributed by atoms with Crippen molar-refractivity contribution in [2.24, 2.45) is 5.41 Å². The molecule has 4 heteroatoms. The summed E-state index contributed by atoms with van der Waals surface area (Å²) in [5.41, 5.74) is 1.70. The first-order chi connectivity index (χ1) is 9.50. The summed E-state index contributed by atoms with van der Waals surface area (Å²) >= 11 is 0. The summed E-state index contributed by atoms with van der Waals surface area (Å²) in [4.78, 5) is 12.3. The molecule has 4 nitrogen and oxygen atoms in total. The molecule has 0 fully saturated rings. The molecule has 0 radical (unpaired) electrons. The molecule has 0 aliphatic carbocycles. The fourth-order valence-corrected chi connectivity index (χ4v) is 2.03. The zero-order valence-electron chi connectivity index (χ0n) is 12.7. The molecule has 0 bridgehead atoms. The number of hydrogen-bond acceptors (Lipinski definition) is 3. The van der Waals surface area contributed by atoms with Crippen LogP contribution in [0.5, 0.6) is 0 Å². The Hall–Kier alpha value is -1.39. The van der Waals surface area contributed by atoms with Crippen molar-refractivity contribution < 1.29 is 9.90 Å². The molecule has 1 aromatic rings. The number of hydrogen-bond donors (Lipinski definition) is 3. The molecule has 20 heavy (non-hydrogen) atoms.